The smallest absolute Gasteiger partial charge is 0.277 e. The summed E-state index contributed by atoms with van der Waals surface area (Å²) in [5.41, 5.74) is 3.89. The van der Waals surface area contributed by atoms with Crippen molar-refractivity contribution in [2.45, 2.75) is 20.4 Å². The van der Waals surface area contributed by atoms with E-state index in [1.807, 2.05) is 19.9 Å². The van der Waals surface area contributed by atoms with Gasteiger partial charge in [0.15, 0.2) is 0 Å². The highest BCUT2D eigenvalue weighted by molar-refractivity contribution is 5.73. The fourth-order valence-electron chi connectivity index (χ4n) is 2.44. The van der Waals surface area contributed by atoms with Crippen molar-refractivity contribution < 1.29 is 4.74 Å². The molecule has 0 radical (unpaired) electrons. The summed E-state index contributed by atoms with van der Waals surface area (Å²) in [6.07, 6.45) is 3.26. The molecule has 0 aromatic carbocycles. The van der Waals surface area contributed by atoms with E-state index >= 15 is 0 Å². The third-order valence-electron chi connectivity index (χ3n) is 3.50. The second kappa shape index (κ2) is 5.05. The zero-order valence-corrected chi connectivity index (χ0v) is 12.2. The molecule has 0 saturated carbocycles. The van der Waals surface area contributed by atoms with Crippen molar-refractivity contribution in [1.29, 1.82) is 0 Å². The van der Waals surface area contributed by atoms with Gasteiger partial charge in [-0.25, -0.2) is 9.97 Å². The van der Waals surface area contributed by atoms with E-state index < -0.39 is 0 Å². The second-order valence-corrected chi connectivity index (χ2v) is 4.98. The number of nitrogens with zero attached hydrogens (tertiary/aromatic N) is 3. The molecule has 0 bridgehead atoms. The number of aryl methyl sites for hydroxylation is 2. The van der Waals surface area contributed by atoms with Crippen LogP contribution in [0.1, 0.15) is 16.8 Å². The lowest BCUT2D eigenvalue weighted by molar-refractivity contribution is 0.389. The minimum Gasteiger partial charge on any atom is -0.481 e. The molecule has 3 aromatic rings. The van der Waals surface area contributed by atoms with Gasteiger partial charge < -0.3 is 9.72 Å². The van der Waals surface area contributed by atoms with Crippen LogP contribution in [0.4, 0.5) is 0 Å². The summed E-state index contributed by atoms with van der Waals surface area (Å²) >= 11 is 0. The van der Waals surface area contributed by atoms with Gasteiger partial charge in [-0.1, -0.05) is 0 Å². The van der Waals surface area contributed by atoms with Gasteiger partial charge in [0.1, 0.15) is 5.52 Å². The number of pyridine rings is 1. The zero-order chi connectivity index (χ0) is 15.0. The number of rotatable bonds is 3. The molecule has 6 nitrogen and oxygen atoms in total. The van der Waals surface area contributed by atoms with E-state index in [-0.39, 0.29) is 5.56 Å². The van der Waals surface area contributed by atoms with Crippen LogP contribution in [-0.2, 0) is 6.54 Å². The molecule has 0 unspecified atom stereocenters. The topological polar surface area (TPSA) is 72.8 Å². The van der Waals surface area contributed by atoms with Crippen LogP contribution >= 0.6 is 0 Å². The number of aromatic amines is 1. The highest BCUT2D eigenvalue weighted by Gasteiger charge is 2.12. The van der Waals surface area contributed by atoms with Crippen molar-refractivity contribution in [3.05, 3.63) is 51.8 Å². The Hall–Kier alpha value is -2.63. The van der Waals surface area contributed by atoms with Crippen molar-refractivity contribution >= 4 is 11.0 Å². The van der Waals surface area contributed by atoms with Gasteiger partial charge >= 0.3 is 0 Å². The van der Waals surface area contributed by atoms with Crippen molar-refractivity contribution in [2.24, 2.45) is 0 Å². The summed E-state index contributed by atoms with van der Waals surface area (Å²) in [7, 11) is 1.58. The van der Waals surface area contributed by atoms with Gasteiger partial charge in [-0.05, 0) is 31.5 Å². The molecule has 0 saturated heterocycles. The molecule has 3 aromatic heterocycles. The molecule has 0 amide bonds. The average Bonchev–Trinajstić information content (AvgIpc) is 2.93. The van der Waals surface area contributed by atoms with E-state index in [0.29, 0.717) is 23.5 Å². The van der Waals surface area contributed by atoms with Gasteiger partial charge in [0.25, 0.3) is 5.56 Å². The first kappa shape index (κ1) is 13.4. The summed E-state index contributed by atoms with van der Waals surface area (Å²) in [6.45, 7) is 4.28. The van der Waals surface area contributed by atoms with Crippen LogP contribution in [0.2, 0.25) is 0 Å². The molecular formula is C15H16N4O2. The van der Waals surface area contributed by atoms with Crippen molar-refractivity contribution in [3.8, 4) is 5.88 Å². The Bertz CT molecular complexity index is 864. The Morgan fingerprint density at radius 3 is 2.95 bits per heavy atom. The third-order valence-corrected chi connectivity index (χ3v) is 3.50. The Kier molecular flexibility index (Phi) is 3.21. The number of ether oxygens (including phenoxy) is 1. The van der Waals surface area contributed by atoms with E-state index in [1.54, 1.807) is 30.3 Å². The second-order valence-electron chi connectivity index (χ2n) is 4.98. The lowest BCUT2D eigenvalue weighted by Crippen LogP contribution is -2.22. The van der Waals surface area contributed by atoms with Crippen LogP contribution < -0.4 is 10.3 Å². The normalized spacial score (nSPS) is 11.0. The first-order valence-electron chi connectivity index (χ1n) is 6.64. The maximum Gasteiger partial charge on any atom is 0.277 e. The van der Waals surface area contributed by atoms with Gasteiger partial charge in [0, 0.05) is 17.5 Å². The minimum absolute atomic E-state index is 0.105. The molecule has 0 atom stereocenters. The first-order chi connectivity index (χ1) is 10.1. The van der Waals surface area contributed by atoms with E-state index in [9.17, 15) is 4.79 Å². The van der Waals surface area contributed by atoms with Crippen LogP contribution in [0.3, 0.4) is 0 Å². The first-order valence-corrected chi connectivity index (χ1v) is 6.64. The maximum atomic E-state index is 12.4. The fourth-order valence-corrected chi connectivity index (χ4v) is 2.44. The van der Waals surface area contributed by atoms with Gasteiger partial charge in [0.2, 0.25) is 5.88 Å². The van der Waals surface area contributed by atoms with Crippen LogP contribution in [0, 0.1) is 13.8 Å². The molecule has 3 rings (SSSR count). The summed E-state index contributed by atoms with van der Waals surface area (Å²) in [6, 6.07) is 3.75. The molecule has 21 heavy (non-hydrogen) atoms. The monoisotopic (exact) mass is 284 g/mol. The molecule has 108 valence electrons. The van der Waals surface area contributed by atoms with Gasteiger partial charge in [-0.2, -0.15) is 0 Å². The van der Waals surface area contributed by atoms with Crippen LogP contribution in [0.5, 0.6) is 5.88 Å². The summed E-state index contributed by atoms with van der Waals surface area (Å²) in [4.78, 5) is 24.0. The number of hydrogen-bond donors (Lipinski definition) is 1. The molecule has 0 aliphatic carbocycles. The summed E-state index contributed by atoms with van der Waals surface area (Å²) in [5.74, 6) is 0.547. The predicted molar refractivity (Wildman–Crippen MR) is 79.7 cm³/mol. The number of nitrogens with one attached hydrogen (secondary N) is 1. The number of hydrogen-bond acceptors (Lipinski definition) is 4. The van der Waals surface area contributed by atoms with Crippen LogP contribution in [0.15, 0.2) is 29.5 Å². The van der Waals surface area contributed by atoms with E-state index in [1.165, 1.54) is 0 Å². The maximum absolute atomic E-state index is 12.4. The standard InChI is InChI=1S/C15H16N4O2/c1-9-6-10(2)18-14(21-3)11(9)7-19-8-17-12-4-5-16-13(12)15(19)20/h4-6,8,16H,7H2,1-3H3. The molecule has 0 aliphatic rings. The van der Waals surface area contributed by atoms with Gasteiger partial charge in [-0.3, -0.25) is 9.36 Å². The number of aromatic nitrogens is 4. The predicted octanol–water partition coefficient (Wildman–Crippen LogP) is 1.79. The minimum atomic E-state index is -0.105. The zero-order valence-electron chi connectivity index (χ0n) is 12.2. The molecule has 0 spiro atoms. The lowest BCUT2D eigenvalue weighted by Gasteiger charge is -2.13. The summed E-state index contributed by atoms with van der Waals surface area (Å²) < 4.78 is 6.89. The third kappa shape index (κ3) is 2.29. The Labute approximate surface area is 121 Å². The average molecular weight is 284 g/mol. The molecule has 1 N–H and O–H groups in total. The Morgan fingerprint density at radius 2 is 2.19 bits per heavy atom. The quantitative estimate of drug-likeness (QED) is 0.796. The Balaban J connectivity index is 2.10. The van der Waals surface area contributed by atoms with Crippen molar-refractivity contribution in [2.75, 3.05) is 7.11 Å². The van der Waals surface area contributed by atoms with Crippen LogP contribution in [-0.4, -0.2) is 26.6 Å². The van der Waals surface area contributed by atoms with E-state index in [4.69, 9.17) is 4.74 Å². The number of H-pyrrole nitrogens is 1. The van der Waals surface area contributed by atoms with Crippen molar-refractivity contribution in [1.82, 2.24) is 19.5 Å². The largest absolute Gasteiger partial charge is 0.481 e. The molecule has 3 heterocycles. The molecular weight excluding hydrogens is 268 g/mol. The highest BCUT2D eigenvalue weighted by atomic mass is 16.5. The van der Waals surface area contributed by atoms with Gasteiger partial charge in [0.05, 0.1) is 25.5 Å². The number of methoxy groups -OCH3 is 1. The number of fused-ring (bicyclic) bond motifs is 1. The van der Waals surface area contributed by atoms with E-state index in [0.717, 1.165) is 16.8 Å². The summed E-state index contributed by atoms with van der Waals surface area (Å²) in [5, 5.41) is 0. The lowest BCUT2D eigenvalue weighted by atomic mass is 10.1. The molecule has 6 heteroatoms. The Morgan fingerprint density at radius 1 is 1.38 bits per heavy atom. The highest BCUT2D eigenvalue weighted by Crippen LogP contribution is 2.21. The van der Waals surface area contributed by atoms with Gasteiger partial charge in [-0.15, -0.1) is 0 Å². The van der Waals surface area contributed by atoms with E-state index in [2.05, 4.69) is 15.0 Å². The van der Waals surface area contributed by atoms with Crippen LogP contribution in [0.25, 0.3) is 11.0 Å². The van der Waals surface area contributed by atoms with Crippen molar-refractivity contribution in [3.63, 3.8) is 0 Å². The molecule has 0 aliphatic heterocycles. The fraction of sp³-hybridized carbons (Fsp3) is 0.267. The SMILES string of the molecule is COc1nc(C)cc(C)c1Cn1cnc2cc[nH]c2c1=O. The molecule has 0 fully saturated rings.